The highest BCUT2D eigenvalue weighted by molar-refractivity contribution is 5.91. The molecular weight excluding hydrogens is 361 g/mol. The first-order valence-corrected chi connectivity index (χ1v) is 8.31. The van der Waals surface area contributed by atoms with Crippen LogP contribution < -0.4 is 5.32 Å². The van der Waals surface area contributed by atoms with Gasteiger partial charge in [0.25, 0.3) is 0 Å². The van der Waals surface area contributed by atoms with Crippen LogP contribution >= 0.6 is 0 Å². The van der Waals surface area contributed by atoms with E-state index in [-0.39, 0.29) is 31.2 Å². The fourth-order valence-electron chi connectivity index (χ4n) is 3.22. The summed E-state index contributed by atoms with van der Waals surface area (Å²) in [7, 11) is 0. The molecule has 1 N–H and O–H groups in total. The molecule has 4 rings (SSSR count). The number of alkyl halides is 3. The van der Waals surface area contributed by atoms with Gasteiger partial charge in [-0.2, -0.15) is 13.2 Å². The molecule has 1 aromatic carbocycles. The third kappa shape index (κ3) is 3.29. The summed E-state index contributed by atoms with van der Waals surface area (Å²) in [5, 5.41) is 10.5. The average Bonchev–Trinajstić information content (AvgIpc) is 3.28. The number of amides is 1. The van der Waals surface area contributed by atoms with Crippen LogP contribution in [0.4, 0.5) is 19.1 Å². The van der Waals surface area contributed by atoms with E-state index >= 15 is 0 Å². The molecule has 0 fully saturated rings. The van der Waals surface area contributed by atoms with Crippen LogP contribution in [0.15, 0.2) is 42.9 Å². The molecule has 1 unspecified atom stereocenters. The van der Waals surface area contributed by atoms with E-state index in [4.69, 9.17) is 0 Å². The first kappa shape index (κ1) is 17.3. The Morgan fingerprint density at radius 3 is 2.74 bits per heavy atom. The fraction of sp³-hybridized carbons (Fsp3) is 0.294. The van der Waals surface area contributed by atoms with Gasteiger partial charge in [0.1, 0.15) is 6.33 Å². The lowest BCUT2D eigenvalue weighted by atomic mass is 9.95. The highest BCUT2D eigenvalue weighted by Gasteiger charge is 2.39. The van der Waals surface area contributed by atoms with Gasteiger partial charge in [0.2, 0.25) is 17.7 Å². The normalized spacial score (nSPS) is 16.8. The number of hydrogen-bond acceptors (Lipinski definition) is 4. The van der Waals surface area contributed by atoms with Crippen molar-refractivity contribution in [3.8, 4) is 5.69 Å². The lowest BCUT2D eigenvalue weighted by Gasteiger charge is -2.24. The molecule has 0 spiro atoms. The molecule has 7 nitrogen and oxygen atoms in total. The molecule has 2 aromatic heterocycles. The Labute approximate surface area is 151 Å². The number of imidazole rings is 1. The second kappa shape index (κ2) is 6.53. The predicted octanol–water partition coefficient (Wildman–Crippen LogP) is 2.68. The summed E-state index contributed by atoms with van der Waals surface area (Å²) in [6.45, 7) is 0.0909. The Morgan fingerprint density at radius 1 is 1.22 bits per heavy atom. The zero-order chi connectivity index (χ0) is 19.0. The number of para-hydroxylation sites is 1. The minimum atomic E-state index is -4.50. The van der Waals surface area contributed by atoms with Crippen molar-refractivity contribution in [2.75, 3.05) is 5.32 Å². The Balaban J connectivity index is 1.50. The maximum atomic E-state index is 12.9. The van der Waals surface area contributed by atoms with Gasteiger partial charge in [-0.25, -0.2) is 4.98 Å². The van der Waals surface area contributed by atoms with Crippen LogP contribution in [0.5, 0.6) is 0 Å². The van der Waals surface area contributed by atoms with Crippen LogP contribution in [-0.2, 0) is 23.9 Å². The van der Waals surface area contributed by atoms with E-state index in [1.165, 1.54) is 12.5 Å². The van der Waals surface area contributed by atoms with Crippen molar-refractivity contribution in [2.45, 2.75) is 25.6 Å². The summed E-state index contributed by atoms with van der Waals surface area (Å²) in [5.74, 6) is -1.42. The summed E-state index contributed by atoms with van der Waals surface area (Å²) in [4.78, 5) is 16.1. The number of halogens is 3. The SMILES string of the molecule is O=C(Nc1nncn1-c1ccccc1)C1CCn2c(cnc2C(F)(F)F)C1. The van der Waals surface area contributed by atoms with Crippen LogP contribution in [0.2, 0.25) is 0 Å². The topological polar surface area (TPSA) is 77.6 Å². The molecule has 0 radical (unpaired) electrons. The van der Waals surface area contributed by atoms with E-state index in [1.807, 2.05) is 30.3 Å². The van der Waals surface area contributed by atoms with Gasteiger partial charge < -0.3 is 4.57 Å². The number of rotatable bonds is 3. The highest BCUT2D eigenvalue weighted by atomic mass is 19.4. The van der Waals surface area contributed by atoms with Crippen molar-refractivity contribution in [1.82, 2.24) is 24.3 Å². The molecular formula is C17H15F3N6O. The van der Waals surface area contributed by atoms with E-state index in [0.717, 1.165) is 10.3 Å². The predicted molar refractivity (Wildman–Crippen MR) is 89.0 cm³/mol. The Morgan fingerprint density at radius 2 is 2.00 bits per heavy atom. The van der Waals surface area contributed by atoms with Gasteiger partial charge in [-0.3, -0.25) is 14.7 Å². The zero-order valence-electron chi connectivity index (χ0n) is 14.0. The third-order valence-corrected chi connectivity index (χ3v) is 4.54. The maximum absolute atomic E-state index is 12.9. The van der Waals surface area contributed by atoms with Crippen LogP contribution in [0.1, 0.15) is 17.9 Å². The number of nitrogens with zero attached hydrogens (tertiary/aromatic N) is 5. The van der Waals surface area contributed by atoms with Crippen molar-refractivity contribution in [3.05, 3.63) is 54.4 Å². The van der Waals surface area contributed by atoms with Gasteiger partial charge in [0, 0.05) is 30.8 Å². The molecule has 0 bridgehead atoms. The molecule has 0 saturated heterocycles. The Hall–Kier alpha value is -3.17. The van der Waals surface area contributed by atoms with Crippen LogP contribution in [-0.4, -0.2) is 30.2 Å². The molecule has 0 saturated carbocycles. The first-order valence-electron chi connectivity index (χ1n) is 8.31. The molecule has 1 amide bonds. The smallest absolute Gasteiger partial charge is 0.324 e. The summed E-state index contributed by atoms with van der Waals surface area (Å²) in [6, 6.07) is 9.25. The number of anilines is 1. The van der Waals surface area contributed by atoms with E-state index in [1.54, 1.807) is 4.57 Å². The largest absolute Gasteiger partial charge is 0.449 e. The second-order valence-electron chi connectivity index (χ2n) is 6.26. The minimum absolute atomic E-state index is 0.0909. The fourth-order valence-corrected chi connectivity index (χ4v) is 3.22. The van der Waals surface area contributed by atoms with Crippen molar-refractivity contribution in [3.63, 3.8) is 0 Å². The van der Waals surface area contributed by atoms with Crippen molar-refractivity contribution < 1.29 is 18.0 Å². The quantitative estimate of drug-likeness (QED) is 0.762. The number of fused-ring (bicyclic) bond motifs is 1. The van der Waals surface area contributed by atoms with Gasteiger partial charge in [0.15, 0.2) is 0 Å². The standard InChI is InChI=1S/C17H15F3N6O/c18-17(19,20)15-21-9-13-8-11(6-7-25(13)15)14(27)23-16-24-22-10-26(16)12-4-2-1-3-5-12/h1-5,9-11H,6-8H2,(H,23,24,27). The molecule has 27 heavy (non-hydrogen) atoms. The molecule has 1 aliphatic rings. The number of carbonyl (C=O) groups excluding carboxylic acids is 1. The van der Waals surface area contributed by atoms with Gasteiger partial charge in [0.05, 0.1) is 5.69 Å². The molecule has 3 heterocycles. The third-order valence-electron chi connectivity index (χ3n) is 4.54. The van der Waals surface area contributed by atoms with E-state index in [9.17, 15) is 18.0 Å². The Kier molecular flexibility index (Phi) is 4.17. The summed E-state index contributed by atoms with van der Waals surface area (Å²) in [5.41, 5.74) is 1.19. The van der Waals surface area contributed by atoms with Crippen molar-refractivity contribution in [1.29, 1.82) is 0 Å². The van der Waals surface area contributed by atoms with E-state index in [0.29, 0.717) is 5.69 Å². The molecule has 1 atom stereocenters. The molecule has 3 aromatic rings. The second-order valence-corrected chi connectivity index (χ2v) is 6.26. The number of aromatic nitrogens is 5. The van der Waals surface area contributed by atoms with Gasteiger partial charge >= 0.3 is 6.18 Å². The van der Waals surface area contributed by atoms with Crippen LogP contribution in [0.3, 0.4) is 0 Å². The molecule has 140 valence electrons. The molecule has 10 heteroatoms. The first-order chi connectivity index (χ1) is 12.9. The van der Waals surface area contributed by atoms with E-state index < -0.39 is 17.9 Å². The number of hydrogen-bond donors (Lipinski definition) is 1. The highest BCUT2D eigenvalue weighted by Crippen LogP contribution is 2.32. The monoisotopic (exact) mass is 376 g/mol. The number of nitrogens with one attached hydrogen (secondary N) is 1. The van der Waals surface area contributed by atoms with Gasteiger partial charge in [-0.1, -0.05) is 18.2 Å². The number of benzene rings is 1. The summed E-state index contributed by atoms with van der Waals surface area (Å²) < 4.78 is 41.6. The van der Waals surface area contributed by atoms with Gasteiger partial charge in [-0.15, -0.1) is 10.2 Å². The summed E-state index contributed by atoms with van der Waals surface area (Å²) >= 11 is 0. The molecule has 1 aliphatic heterocycles. The van der Waals surface area contributed by atoms with Crippen LogP contribution in [0.25, 0.3) is 5.69 Å². The lowest BCUT2D eigenvalue weighted by molar-refractivity contribution is -0.147. The minimum Gasteiger partial charge on any atom is -0.324 e. The Bertz CT molecular complexity index is 963. The van der Waals surface area contributed by atoms with Gasteiger partial charge in [-0.05, 0) is 18.6 Å². The zero-order valence-corrected chi connectivity index (χ0v) is 14.0. The lowest BCUT2D eigenvalue weighted by Crippen LogP contribution is -2.32. The van der Waals surface area contributed by atoms with Crippen LogP contribution in [0, 0.1) is 5.92 Å². The number of carbonyl (C=O) groups is 1. The van der Waals surface area contributed by atoms with Crippen molar-refractivity contribution >= 4 is 11.9 Å². The maximum Gasteiger partial charge on any atom is 0.449 e. The van der Waals surface area contributed by atoms with E-state index in [2.05, 4.69) is 20.5 Å². The van der Waals surface area contributed by atoms with Crippen molar-refractivity contribution in [2.24, 2.45) is 5.92 Å². The average molecular weight is 376 g/mol. The summed E-state index contributed by atoms with van der Waals surface area (Å²) in [6.07, 6.45) is -1.35. The molecule has 0 aliphatic carbocycles.